The number of guanidine groups is 1. The number of hydrogen-bond donors (Lipinski definition) is 3. The second kappa shape index (κ2) is 9.91. The molecule has 25 heavy (non-hydrogen) atoms. The molecule has 138 valence electrons. The standard InChI is InChI=1S/C19H31N5O/c1-4-20-19(22-14-18(25)23-16-9-10-16)21-11-12-24(5-2)17-8-6-7-15(3)13-17/h6-8,13,16H,4-5,9-12,14H2,1-3H3,(H,23,25)(H2,20,21,22). The Morgan fingerprint density at radius 2 is 2.08 bits per heavy atom. The summed E-state index contributed by atoms with van der Waals surface area (Å²) in [4.78, 5) is 18.5. The number of hydrogen-bond acceptors (Lipinski definition) is 3. The van der Waals surface area contributed by atoms with Crippen LogP contribution in [0.1, 0.15) is 32.3 Å². The van der Waals surface area contributed by atoms with Gasteiger partial charge in [0.25, 0.3) is 0 Å². The first-order valence-corrected chi connectivity index (χ1v) is 9.25. The van der Waals surface area contributed by atoms with Gasteiger partial charge in [-0.3, -0.25) is 4.79 Å². The van der Waals surface area contributed by atoms with Crippen molar-refractivity contribution in [3.8, 4) is 0 Å². The van der Waals surface area contributed by atoms with Gasteiger partial charge in [0.15, 0.2) is 5.96 Å². The number of rotatable bonds is 9. The van der Waals surface area contributed by atoms with Gasteiger partial charge in [0, 0.05) is 37.9 Å². The molecule has 0 saturated heterocycles. The number of carbonyl (C=O) groups excluding carboxylic acids is 1. The number of anilines is 1. The van der Waals surface area contributed by atoms with Crippen molar-refractivity contribution in [3.05, 3.63) is 29.8 Å². The SMILES string of the molecule is CCNC(=NCC(=O)NC1CC1)NCCN(CC)c1cccc(C)c1. The molecule has 0 atom stereocenters. The molecule has 1 aromatic carbocycles. The maximum atomic E-state index is 11.8. The van der Waals surface area contributed by atoms with Crippen LogP contribution in [0, 0.1) is 6.92 Å². The molecule has 1 fully saturated rings. The van der Waals surface area contributed by atoms with Gasteiger partial charge in [-0.05, 0) is 51.3 Å². The number of benzene rings is 1. The fraction of sp³-hybridized carbons (Fsp3) is 0.579. The highest BCUT2D eigenvalue weighted by molar-refractivity contribution is 5.85. The van der Waals surface area contributed by atoms with Crippen molar-refractivity contribution in [1.82, 2.24) is 16.0 Å². The van der Waals surface area contributed by atoms with Gasteiger partial charge in [0.2, 0.25) is 5.91 Å². The summed E-state index contributed by atoms with van der Waals surface area (Å²) in [6, 6.07) is 8.91. The highest BCUT2D eigenvalue weighted by Gasteiger charge is 2.22. The molecule has 0 unspecified atom stereocenters. The Kier molecular flexibility index (Phi) is 7.57. The maximum Gasteiger partial charge on any atom is 0.242 e. The summed E-state index contributed by atoms with van der Waals surface area (Å²) in [6.07, 6.45) is 2.19. The number of nitrogens with zero attached hydrogens (tertiary/aromatic N) is 2. The number of carbonyl (C=O) groups is 1. The number of nitrogens with one attached hydrogen (secondary N) is 3. The van der Waals surface area contributed by atoms with E-state index in [0.717, 1.165) is 39.0 Å². The second-order valence-electron chi connectivity index (χ2n) is 6.38. The van der Waals surface area contributed by atoms with E-state index in [1.807, 2.05) is 6.92 Å². The summed E-state index contributed by atoms with van der Waals surface area (Å²) >= 11 is 0. The summed E-state index contributed by atoms with van der Waals surface area (Å²) in [5.41, 5.74) is 2.50. The van der Waals surface area contributed by atoms with Crippen LogP contribution >= 0.6 is 0 Å². The van der Waals surface area contributed by atoms with Gasteiger partial charge in [-0.25, -0.2) is 4.99 Å². The molecule has 0 spiro atoms. The first kappa shape index (κ1) is 19.1. The van der Waals surface area contributed by atoms with Crippen LogP contribution in [0.2, 0.25) is 0 Å². The van der Waals surface area contributed by atoms with Gasteiger partial charge in [-0.15, -0.1) is 0 Å². The Bertz CT molecular complexity index is 583. The lowest BCUT2D eigenvalue weighted by Crippen LogP contribution is -2.42. The lowest BCUT2D eigenvalue weighted by Gasteiger charge is -2.24. The first-order chi connectivity index (χ1) is 12.1. The Morgan fingerprint density at radius 3 is 2.72 bits per heavy atom. The number of aryl methyl sites for hydroxylation is 1. The summed E-state index contributed by atoms with van der Waals surface area (Å²) < 4.78 is 0. The number of amides is 1. The number of aliphatic imine (C=N–C) groups is 1. The van der Waals surface area contributed by atoms with Crippen LogP contribution in [-0.4, -0.2) is 50.6 Å². The normalized spacial score (nSPS) is 14.1. The predicted octanol–water partition coefficient (Wildman–Crippen LogP) is 1.66. The zero-order valence-corrected chi connectivity index (χ0v) is 15.6. The Morgan fingerprint density at radius 1 is 1.28 bits per heavy atom. The van der Waals surface area contributed by atoms with Crippen LogP contribution in [0.3, 0.4) is 0 Å². The van der Waals surface area contributed by atoms with Crippen molar-refractivity contribution < 1.29 is 4.79 Å². The molecule has 0 aliphatic heterocycles. The fourth-order valence-electron chi connectivity index (χ4n) is 2.60. The molecule has 2 rings (SSSR count). The van der Waals surface area contributed by atoms with Gasteiger partial charge in [0.05, 0.1) is 0 Å². The molecule has 1 amide bonds. The topological polar surface area (TPSA) is 68.8 Å². The highest BCUT2D eigenvalue weighted by atomic mass is 16.2. The fourth-order valence-corrected chi connectivity index (χ4v) is 2.60. The third-order valence-corrected chi connectivity index (χ3v) is 4.09. The van der Waals surface area contributed by atoms with Crippen LogP contribution in [0.4, 0.5) is 5.69 Å². The van der Waals surface area contributed by atoms with E-state index in [4.69, 9.17) is 0 Å². The molecule has 0 aromatic heterocycles. The van der Waals surface area contributed by atoms with E-state index in [0.29, 0.717) is 12.0 Å². The molecule has 1 aromatic rings. The molecule has 1 saturated carbocycles. The molecule has 1 aliphatic carbocycles. The molecule has 3 N–H and O–H groups in total. The third kappa shape index (κ3) is 7.03. The van der Waals surface area contributed by atoms with Crippen molar-refractivity contribution in [3.63, 3.8) is 0 Å². The molecule has 6 heteroatoms. The van der Waals surface area contributed by atoms with E-state index in [9.17, 15) is 4.79 Å². The predicted molar refractivity (Wildman–Crippen MR) is 104 cm³/mol. The molecular weight excluding hydrogens is 314 g/mol. The maximum absolute atomic E-state index is 11.8. The van der Waals surface area contributed by atoms with Crippen LogP contribution in [0.5, 0.6) is 0 Å². The van der Waals surface area contributed by atoms with E-state index >= 15 is 0 Å². The van der Waals surface area contributed by atoms with Crippen LogP contribution in [-0.2, 0) is 4.79 Å². The van der Waals surface area contributed by atoms with Gasteiger partial charge in [0.1, 0.15) is 6.54 Å². The van der Waals surface area contributed by atoms with E-state index in [2.05, 4.69) is 64.0 Å². The molecule has 1 aliphatic rings. The Balaban J connectivity index is 1.81. The largest absolute Gasteiger partial charge is 0.370 e. The summed E-state index contributed by atoms with van der Waals surface area (Å²) in [5.74, 6) is 0.684. The quantitative estimate of drug-likeness (QED) is 0.470. The molecule has 0 radical (unpaired) electrons. The van der Waals surface area contributed by atoms with Gasteiger partial charge < -0.3 is 20.9 Å². The van der Waals surface area contributed by atoms with Crippen LogP contribution in [0.15, 0.2) is 29.3 Å². The minimum absolute atomic E-state index is 0.00496. The molecule has 0 bridgehead atoms. The van der Waals surface area contributed by atoms with Gasteiger partial charge >= 0.3 is 0 Å². The van der Waals surface area contributed by atoms with Gasteiger partial charge in [-0.2, -0.15) is 0 Å². The summed E-state index contributed by atoms with van der Waals surface area (Å²) in [6.45, 7) is 9.81. The van der Waals surface area contributed by atoms with Crippen molar-refractivity contribution in [2.24, 2.45) is 4.99 Å². The molecule has 6 nitrogen and oxygen atoms in total. The van der Waals surface area contributed by atoms with Crippen LogP contribution in [0.25, 0.3) is 0 Å². The van der Waals surface area contributed by atoms with Crippen molar-refractivity contribution in [2.45, 2.75) is 39.7 Å². The van der Waals surface area contributed by atoms with E-state index in [1.54, 1.807) is 0 Å². The Hall–Kier alpha value is -2.24. The van der Waals surface area contributed by atoms with E-state index in [1.165, 1.54) is 11.3 Å². The van der Waals surface area contributed by atoms with Crippen molar-refractivity contribution in [2.75, 3.05) is 37.6 Å². The number of likely N-dealkylation sites (N-methyl/N-ethyl adjacent to an activating group) is 1. The minimum Gasteiger partial charge on any atom is -0.370 e. The summed E-state index contributed by atoms with van der Waals surface area (Å²) in [5, 5.41) is 9.45. The van der Waals surface area contributed by atoms with Gasteiger partial charge in [-0.1, -0.05) is 12.1 Å². The minimum atomic E-state index is -0.00496. The summed E-state index contributed by atoms with van der Waals surface area (Å²) in [7, 11) is 0. The van der Waals surface area contributed by atoms with E-state index < -0.39 is 0 Å². The zero-order chi connectivity index (χ0) is 18.1. The highest BCUT2D eigenvalue weighted by Crippen LogP contribution is 2.18. The second-order valence-corrected chi connectivity index (χ2v) is 6.38. The van der Waals surface area contributed by atoms with E-state index in [-0.39, 0.29) is 12.5 Å². The van der Waals surface area contributed by atoms with Crippen LogP contribution < -0.4 is 20.9 Å². The van der Waals surface area contributed by atoms with Crippen molar-refractivity contribution in [1.29, 1.82) is 0 Å². The van der Waals surface area contributed by atoms with Crippen molar-refractivity contribution >= 4 is 17.6 Å². The third-order valence-electron chi connectivity index (χ3n) is 4.09. The smallest absolute Gasteiger partial charge is 0.242 e. The lowest BCUT2D eigenvalue weighted by atomic mass is 10.2. The Labute approximate surface area is 151 Å². The average molecular weight is 345 g/mol. The first-order valence-electron chi connectivity index (χ1n) is 9.25. The molecule has 0 heterocycles. The monoisotopic (exact) mass is 345 g/mol. The average Bonchev–Trinajstić information content (AvgIpc) is 3.40. The zero-order valence-electron chi connectivity index (χ0n) is 15.6. The lowest BCUT2D eigenvalue weighted by molar-refractivity contribution is -0.119. The molecular formula is C19H31N5O.